The maximum atomic E-state index is 10.9. The zero-order valence-electron chi connectivity index (χ0n) is 8.49. The van der Waals surface area contributed by atoms with Crippen LogP contribution in [-0.2, 0) is 4.79 Å². The molecule has 1 heterocycles. The average Bonchev–Trinajstić information content (AvgIpc) is 2.62. The van der Waals surface area contributed by atoms with Gasteiger partial charge in [0.2, 0.25) is 11.0 Å². The largest absolute Gasteiger partial charge is 0.299 e. The van der Waals surface area contributed by atoms with E-state index in [1.54, 1.807) is 11.8 Å². The summed E-state index contributed by atoms with van der Waals surface area (Å²) in [6, 6.07) is 0. The monoisotopic (exact) mass is 265 g/mol. The summed E-state index contributed by atoms with van der Waals surface area (Å²) in [6.45, 7) is 4.29. The molecule has 1 rings (SSSR count). The fourth-order valence-electron chi connectivity index (χ4n) is 0.709. The number of alkyl halides is 1. The molecule has 0 unspecified atom stereocenters. The Morgan fingerprint density at radius 3 is 2.93 bits per heavy atom. The molecule has 0 fully saturated rings. The lowest BCUT2D eigenvalue weighted by atomic mass is 10.3. The average molecular weight is 266 g/mol. The first-order valence-electron chi connectivity index (χ1n) is 4.44. The van der Waals surface area contributed by atoms with Crippen molar-refractivity contribution in [1.29, 1.82) is 0 Å². The second-order valence-electron chi connectivity index (χ2n) is 3.26. The van der Waals surface area contributed by atoms with Crippen LogP contribution in [0.15, 0.2) is 4.34 Å². The summed E-state index contributed by atoms with van der Waals surface area (Å²) in [7, 11) is 0. The third kappa shape index (κ3) is 4.81. The highest BCUT2D eigenvalue weighted by atomic mass is 35.5. The third-order valence-electron chi connectivity index (χ3n) is 1.31. The molecule has 84 valence electrons. The number of anilines is 1. The Morgan fingerprint density at radius 1 is 1.60 bits per heavy atom. The maximum Gasteiger partial charge on any atom is 0.241 e. The maximum absolute atomic E-state index is 10.9. The molecule has 1 N–H and O–H groups in total. The second-order valence-corrected chi connectivity index (χ2v) is 5.77. The van der Waals surface area contributed by atoms with Gasteiger partial charge in [-0.25, -0.2) is 0 Å². The highest BCUT2D eigenvalue weighted by molar-refractivity contribution is 8.01. The minimum atomic E-state index is -0.256. The number of thioether (sulfide) groups is 1. The van der Waals surface area contributed by atoms with Gasteiger partial charge in [-0.15, -0.1) is 21.8 Å². The number of rotatable bonds is 5. The van der Waals surface area contributed by atoms with Crippen LogP contribution in [0.3, 0.4) is 0 Å². The van der Waals surface area contributed by atoms with Crippen molar-refractivity contribution < 1.29 is 4.79 Å². The molecule has 7 heteroatoms. The van der Waals surface area contributed by atoms with E-state index in [9.17, 15) is 4.79 Å². The van der Waals surface area contributed by atoms with E-state index in [2.05, 4.69) is 29.4 Å². The number of nitrogens with zero attached hydrogens (tertiary/aromatic N) is 2. The lowest BCUT2D eigenvalue weighted by Gasteiger charge is -1.99. The Labute approximate surface area is 102 Å². The topological polar surface area (TPSA) is 54.9 Å². The van der Waals surface area contributed by atoms with Gasteiger partial charge in [-0.3, -0.25) is 10.1 Å². The van der Waals surface area contributed by atoms with E-state index in [4.69, 9.17) is 11.6 Å². The van der Waals surface area contributed by atoms with E-state index < -0.39 is 0 Å². The molecule has 0 radical (unpaired) electrons. The third-order valence-corrected chi connectivity index (χ3v) is 3.96. The van der Waals surface area contributed by atoms with E-state index in [1.807, 2.05) is 0 Å². The number of hydrogen-bond acceptors (Lipinski definition) is 5. The van der Waals surface area contributed by atoms with Crippen molar-refractivity contribution in [3.05, 3.63) is 0 Å². The van der Waals surface area contributed by atoms with Gasteiger partial charge in [0.05, 0.1) is 0 Å². The van der Waals surface area contributed by atoms with Crippen LogP contribution in [-0.4, -0.2) is 27.7 Å². The lowest BCUT2D eigenvalue weighted by Crippen LogP contribution is -2.12. The van der Waals surface area contributed by atoms with Crippen LogP contribution in [0, 0.1) is 5.92 Å². The van der Waals surface area contributed by atoms with Gasteiger partial charge >= 0.3 is 0 Å². The summed E-state index contributed by atoms with van der Waals surface area (Å²) in [5.41, 5.74) is 0. The quantitative estimate of drug-likeness (QED) is 0.505. The highest BCUT2D eigenvalue weighted by Crippen LogP contribution is 2.26. The van der Waals surface area contributed by atoms with E-state index in [0.717, 1.165) is 10.1 Å². The van der Waals surface area contributed by atoms with Crippen molar-refractivity contribution in [1.82, 2.24) is 10.2 Å². The number of aromatic nitrogens is 2. The van der Waals surface area contributed by atoms with Crippen LogP contribution >= 0.6 is 34.7 Å². The SMILES string of the molecule is CC(C)CSc1nnc(NC(=O)CCl)s1. The Bertz CT molecular complexity index is 329. The minimum absolute atomic E-state index is 0.0615. The molecule has 0 aromatic carbocycles. The zero-order chi connectivity index (χ0) is 11.3. The standard InChI is InChI=1S/C8H12ClN3OS2/c1-5(2)4-14-8-12-11-7(15-8)10-6(13)3-9/h5H,3-4H2,1-2H3,(H,10,11,13). The van der Waals surface area contributed by atoms with Crippen molar-refractivity contribution in [3.63, 3.8) is 0 Å². The molecular formula is C8H12ClN3OS2. The molecule has 0 spiro atoms. The van der Waals surface area contributed by atoms with Crippen molar-refractivity contribution in [2.45, 2.75) is 18.2 Å². The fraction of sp³-hybridized carbons (Fsp3) is 0.625. The van der Waals surface area contributed by atoms with E-state index >= 15 is 0 Å². The van der Waals surface area contributed by atoms with E-state index in [-0.39, 0.29) is 11.8 Å². The fourth-order valence-corrected chi connectivity index (χ4v) is 2.52. The van der Waals surface area contributed by atoms with Crippen molar-refractivity contribution in [3.8, 4) is 0 Å². The molecular weight excluding hydrogens is 254 g/mol. The van der Waals surface area contributed by atoms with Crippen LogP contribution in [0.2, 0.25) is 0 Å². The van der Waals surface area contributed by atoms with Crippen molar-refractivity contribution in [2.75, 3.05) is 16.9 Å². The number of halogens is 1. The van der Waals surface area contributed by atoms with E-state index in [0.29, 0.717) is 11.0 Å². The molecule has 4 nitrogen and oxygen atoms in total. The summed E-state index contributed by atoms with van der Waals surface area (Å²) < 4.78 is 0.869. The first-order chi connectivity index (χ1) is 7.11. The van der Waals surface area contributed by atoms with Crippen molar-refractivity contribution in [2.24, 2.45) is 5.92 Å². The molecule has 0 saturated carbocycles. The molecule has 0 aliphatic rings. The Morgan fingerprint density at radius 2 is 2.33 bits per heavy atom. The van der Waals surface area contributed by atoms with E-state index in [1.165, 1.54) is 11.3 Å². The molecule has 0 atom stereocenters. The number of carbonyl (C=O) groups excluding carboxylic acids is 1. The first-order valence-corrected chi connectivity index (χ1v) is 6.77. The minimum Gasteiger partial charge on any atom is -0.299 e. The van der Waals surface area contributed by atoms with Gasteiger partial charge in [-0.05, 0) is 5.92 Å². The molecule has 0 saturated heterocycles. The Balaban J connectivity index is 2.45. The van der Waals surface area contributed by atoms with Gasteiger partial charge in [-0.1, -0.05) is 36.9 Å². The molecule has 0 aliphatic heterocycles. The lowest BCUT2D eigenvalue weighted by molar-refractivity contribution is -0.113. The highest BCUT2D eigenvalue weighted by Gasteiger charge is 2.07. The molecule has 1 aromatic heterocycles. The molecule has 0 bridgehead atoms. The number of carbonyl (C=O) groups is 1. The molecule has 15 heavy (non-hydrogen) atoms. The van der Waals surface area contributed by atoms with Gasteiger partial charge < -0.3 is 0 Å². The molecule has 1 aromatic rings. The van der Waals surface area contributed by atoms with Crippen LogP contribution in [0.25, 0.3) is 0 Å². The predicted molar refractivity (Wildman–Crippen MR) is 64.8 cm³/mol. The second kappa shape index (κ2) is 6.30. The molecule has 1 amide bonds. The van der Waals surface area contributed by atoms with Crippen LogP contribution in [0.5, 0.6) is 0 Å². The summed E-state index contributed by atoms with van der Waals surface area (Å²) in [5.74, 6) is 1.29. The predicted octanol–water partition coefficient (Wildman–Crippen LogP) is 2.46. The number of nitrogens with one attached hydrogen (secondary N) is 1. The molecule has 0 aliphatic carbocycles. The summed E-state index contributed by atoms with van der Waals surface area (Å²) >= 11 is 8.36. The Hall–Kier alpha value is -0.330. The van der Waals surface area contributed by atoms with Gasteiger partial charge in [0.15, 0.2) is 4.34 Å². The zero-order valence-corrected chi connectivity index (χ0v) is 10.9. The Kier molecular flexibility index (Phi) is 5.35. The van der Waals surface area contributed by atoms with Crippen LogP contribution in [0.1, 0.15) is 13.8 Å². The van der Waals surface area contributed by atoms with Gasteiger partial charge in [0.25, 0.3) is 0 Å². The first kappa shape index (κ1) is 12.7. The van der Waals surface area contributed by atoms with Crippen LogP contribution in [0.4, 0.5) is 5.13 Å². The van der Waals surface area contributed by atoms with Gasteiger partial charge in [0.1, 0.15) is 5.88 Å². The smallest absolute Gasteiger partial charge is 0.241 e. The normalized spacial score (nSPS) is 10.7. The van der Waals surface area contributed by atoms with Crippen LogP contribution < -0.4 is 5.32 Å². The summed E-state index contributed by atoms with van der Waals surface area (Å²) in [4.78, 5) is 10.9. The number of hydrogen-bond donors (Lipinski definition) is 1. The summed E-state index contributed by atoms with van der Waals surface area (Å²) in [6.07, 6.45) is 0. The number of amides is 1. The van der Waals surface area contributed by atoms with Crippen molar-refractivity contribution >= 4 is 45.7 Å². The van der Waals surface area contributed by atoms with Gasteiger partial charge in [0, 0.05) is 5.75 Å². The van der Waals surface area contributed by atoms with Gasteiger partial charge in [-0.2, -0.15) is 0 Å². The summed E-state index contributed by atoms with van der Waals surface area (Å²) in [5, 5.41) is 10.9.